The van der Waals surface area contributed by atoms with Crippen molar-refractivity contribution in [1.82, 2.24) is 10.3 Å². The van der Waals surface area contributed by atoms with Gasteiger partial charge < -0.3 is 5.32 Å². The molecule has 1 aromatic heterocycles. The van der Waals surface area contributed by atoms with Crippen LogP contribution in [0.5, 0.6) is 0 Å². The standard InChI is InChI=1S/C13H22N2S/c1-5-6-10(2)11(3)14-8-7-13-9-15-12(4)16-13/h5,9-11,14H,1,6-8H2,2-4H3. The third-order valence-corrected chi connectivity index (χ3v) is 3.87. The van der Waals surface area contributed by atoms with Gasteiger partial charge in [-0.25, -0.2) is 4.98 Å². The summed E-state index contributed by atoms with van der Waals surface area (Å²) in [5, 5.41) is 4.71. The zero-order valence-electron chi connectivity index (χ0n) is 10.5. The van der Waals surface area contributed by atoms with Gasteiger partial charge in [0.1, 0.15) is 0 Å². The zero-order chi connectivity index (χ0) is 12.0. The Morgan fingerprint density at radius 2 is 2.31 bits per heavy atom. The van der Waals surface area contributed by atoms with Crippen LogP contribution in [-0.2, 0) is 6.42 Å². The number of rotatable bonds is 7. The highest BCUT2D eigenvalue weighted by atomic mass is 32.1. The van der Waals surface area contributed by atoms with Gasteiger partial charge in [-0.3, -0.25) is 0 Å². The highest BCUT2D eigenvalue weighted by molar-refractivity contribution is 7.11. The number of hydrogen-bond acceptors (Lipinski definition) is 3. The molecule has 1 rings (SSSR count). The molecular weight excluding hydrogens is 216 g/mol. The SMILES string of the molecule is C=CCC(C)C(C)NCCc1cnc(C)s1. The maximum Gasteiger partial charge on any atom is 0.0896 e. The lowest BCUT2D eigenvalue weighted by molar-refractivity contribution is 0.406. The molecule has 3 heteroatoms. The fourth-order valence-electron chi connectivity index (χ4n) is 1.61. The lowest BCUT2D eigenvalue weighted by Gasteiger charge is -2.19. The summed E-state index contributed by atoms with van der Waals surface area (Å²) in [6.07, 6.45) is 6.14. The molecule has 1 heterocycles. The predicted octanol–water partition coefficient (Wildman–Crippen LogP) is 3.18. The molecule has 1 aromatic rings. The van der Waals surface area contributed by atoms with Crippen LogP contribution in [0.1, 0.15) is 30.2 Å². The summed E-state index contributed by atoms with van der Waals surface area (Å²) < 4.78 is 0. The fraction of sp³-hybridized carbons (Fsp3) is 0.615. The Balaban J connectivity index is 2.22. The van der Waals surface area contributed by atoms with E-state index in [1.54, 1.807) is 11.3 Å². The van der Waals surface area contributed by atoms with Crippen LogP contribution in [0.25, 0.3) is 0 Å². The van der Waals surface area contributed by atoms with Gasteiger partial charge in [-0.05, 0) is 32.6 Å². The molecule has 0 aliphatic heterocycles. The number of nitrogens with one attached hydrogen (secondary N) is 1. The topological polar surface area (TPSA) is 24.9 Å². The van der Waals surface area contributed by atoms with E-state index in [1.807, 2.05) is 12.3 Å². The van der Waals surface area contributed by atoms with Gasteiger partial charge in [0.25, 0.3) is 0 Å². The van der Waals surface area contributed by atoms with Gasteiger partial charge in [-0.15, -0.1) is 17.9 Å². The van der Waals surface area contributed by atoms with E-state index >= 15 is 0 Å². The summed E-state index contributed by atoms with van der Waals surface area (Å²) in [6.45, 7) is 11.4. The Labute approximate surface area is 103 Å². The lowest BCUT2D eigenvalue weighted by atomic mass is 10.00. The molecule has 1 N–H and O–H groups in total. The quantitative estimate of drug-likeness (QED) is 0.738. The van der Waals surface area contributed by atoms with E-state index in [2.05, 4.69) is 37.7 Å². The first-order chi connectivity index (χ1) is 7.63. The van der Waals surface area contributed by atoms with Crippen LogP contribution >= 0.6 is 11.3 Å². The Bertz CT molecular complexity index is 319. The van der Waals surface area contributed by atoms with E-state index < -0.39 is 0 Å². The maximum absolute atomic E-state index is 4.26. The van der Waals surface area contributed by atoms with Crippen LogP contribution in [0, 0.1) is 12.8 Å². The average molecular weight is 238 g/mol. The molecule has 0 aliphatic carbocycles. The van der Waals surface area contributed by atoms with E-state index in [0.717, 1.165) is 24.4 Å². The third kappa shape index (κ3) is 4.45. The summed E-state index contributed by atoms with van der Waals surface area (Å²) in [4.78, 5) is 5.63. The van der Waals surface area contributed by atoms with Crippen LogP contribution in [0.4, 0.5) is 0 Å². The van der Waals surface area contributed by atoms with Gasteiger partial charge in [0, 0.05) is 23.7 Å². The molecule has 2 atom stereocenters. The minimum absolute atomic E-state index is 0.548. The molecule has 0 spiro atoms. The van der Waals surface area contributed by atoms with Gasteiger partial charge in [0.15, 0.2) is 0 Å². The largest absolute Gasteiger partial charge is 0.314 e. The second-order valence-corrected chi connectivity index (χ2v) is 5.66. The van der Waals surface area contributed by atoms with Crippen molar-refractivity contribution in [2.24, 2.45) is 5.92 Å². The lowest BCUT2D eigenvalue weighted by Crippen LogP contribution is -2.33. The molecule has 0 aliphatic rings. The van der Waals surface area contributed by atoms with Crippen LogP contribution in [0.2, 0.25) is 0 Å². The van der Waals surface area contributed by atoms with Crippen LogP contribution in [0.15, 0.2) is 18.9 Å². The van der Waals surface area contributed by atoms with Gasteiger partial charge >= 0.3 is 0 Å². The van der Waals surface area contributed by atoms with Crippen molar-refractivity contribution in [3.05, 3.63) is 28.7 Å². The molecule has 0 saturated carbocycles. The van der Waals surface area contributed by atoms with E-state index in [4.69, 9.17) is 0 Å². The summed E-state index contributed by atoms with van der Waals surface area (Å²) in [5.41, 5.74) is 0. The smallest absolute Gasteiger partial charge is 0.0896 e. The van der Waals surface area contributed by atoms with Crippen molar-refractivity contribution in [2.75, 3.05) is 6.54 Å². The maximum atomic E-state index is 4.26. The van der Waals surface area contributed by atoms with Crippen molar-refractivity contribution < 1.29 is 0 Å². The number of aryl methyl sites for hydroxylation is 1. The first-order valence-corrected chi connectivity index (χ1v) is 6.70. The Morgan fingerprint density at radius 3 is 2.88 bits per heavy atom. The molecule has 2 unspecified atom stereocenters. The molecule has 2 nitrogen and oxygen atoms in total. The van der Waals surface area contributed by atoms with E-state index in [1.165, 1.54) is 4.88 Å². The molecule has 90 valence electrons. The Morgan fingerprint density at radius 1 is 1.56 bits per heavy atom. The molecule has 0 radical (unpaired) electrons. The Kier molecular flexibility index (Phi) is 5.71. The first-order valence-electron chi connectivity index (χ1n) is 5.89. The Hall–Kier alpha value is -0.670. The molecule has 16 heavy (non-hydrogen) atoms. The second kappa shape index (κ2) is 6.81. The summed E-state index contributed by atoms with van der Waals surface area (Å²) in [5.74, 6) is 0.653. The number of nitrogens with zero attached hydrogens (tertiary/aromatic N) is 1. The van der Waals surface area contributed by atoms with E-state index in [0.29, 0.717) is 12.0 Å². The van der Waals surface area contributed by atoms with E-state index in [-0.39, 0.29) is 0 Å². The van der Waals surface area contributed by atoms with Gasteiger partial charge in [0.2, 0.25) is 0 Å². The van der Waals surface area contributed by atoms with Crippen molar-refractivity contribution in [3.63, 3.8) is 0 Å². The van der Waals surface area contributed by atoms with Gasteiger partial charge in [-0.1, -0.05) is 13.0 Å². The van der Waals surface area contributed by atoms with Crippen molar-refractivity contribution in [3.8, 4) is 0 Å². The fourth-order valence-corrected chi connectivity index (χ4v) is 2.41. The van der Waals surface area contributed by atoms with E-state index in [9.17, 15) is 0 Å². The molecule has 0 fully saturated rings. The van der Waals surface area contributed by atoms with Gasteiger partial charge in [0.05, 0.1) is 5.01 Å². The number of hydrogen-bond donors (Lipinski definition) is 1. The predicted molar refractivity (Wildman–Crippen MR) is 72.0 cm³/mol. The highest BCUT2D eigenvalue weighted by Crippen LogP contribution is 2.12. The molecular formula is C13H22N2S. The minimum Gasteiger partial charge on any atom is -0.314 e. The summed E-state index contributed by atoms with van der Waals surface area (Å²) >= 11 is 1.79. The molecule has 0 amide bonds. The van der Waals surface area contributed by atoms with Crippen molar-refractivity contribution in [2.45, 2.75) is 39.7 Å². The summed E-state index contributed by atoms with van der Waals surface area (Å²) in [7, 11) is 0. The first kappa shape index (κ1) is 13.4. The summed E-state index contributed by atoms with van der Waals surface area (Å²) in [6, 6.07) is 0.548. The minimum atomic E-state index is 0.548. The zero-order valence-corrected chi connectivity index (χ0v) is 11.3. The van der Waals surface area contributed by atoms with Crippen molar-refractivity contribution in [1.29, 1.82) is 0 Å². The van der Waals surface area contributed by atoms with Crippen LogP contribution < -0.4 is 5.32 Å². The normalized spacial score (nSPS) is 14.7. The van der Waals surface area contributed by atoms with Crippen molar-refractivity contribution >= 4 is 11.3 Å². The monoisotopic (exact) mass is 238 g/mol. The average Bonchev–Trinajstić information content (AvgIpc) is 2.64. The van der Waals surface area contributed by atoms with Crippen LogP contribution in [0.3, 0.4) is 0 Å². The highest BCUT2D eigenvalue weighted by Gasteiger charge is 2.09. The number of allylic oxidation sites excluding steroid dienone is 1. The molecule has 0 saturated heterocycles. The van der Waals surface area contributed by atoms with Gasteiger partial charge in [-0.2, -0.15) is 0 Å². The molecule has 0 aromatic carbocycles. The van der Waals surface area contributed by atoms with Crippen LogP contribution in [-0.4, -0.2) is 17.6 Å². The number of aromatic nitrogens is 1. The number of thiazole rings is 1. The second-order valence-electron chi connectivity index (χ2n) is 4.34. The third-order valence-electron chi connectivity index (χ3n) is 2.90. The molecule has 0 bridgehead atoms.